The van der Waals surface area contributed by atoms with Crippen molar-refractivity contribution in [1.82, 2.24) is 9.97 Å². The van der Waals surface area contributed by atoms with Gasteiger partial charge in [0.15, 0.2) is 0 Å². The van der Waals surface area contributed by atoms with Gasteiger partial charge < -0.3 is 10.5 Å². The molecule has 2 N–H and O–H groups in total. The lowest BCUT2D eigenvalue weighted by Crippen LogP contribution is -2.18. The van der Waals surface area contributed by atoms with Gasteiger partial charge in [-0.25, -0.2) is 9.97 Å². The molecule has 4 nitrogen and oxygen atoms in total. The summed E-state index contributed by atoms with van der Waals surface area (Å²) in [5.41, 5.74) is 7.49. The van der Waals surface area contributed by atoms with Crippen molar-refractivity contribution in [3.05, 3.63) is 28.6 Å². The Kier molecular flexibility index (Phi) is 4.14. The van der Waals surface area contributed by atoms with Crippen molar-refractivity contribution in [2.45, 2.75) is 26.3 Å². The van der Waals surface area contributed by atoms with Crippen molar-refractivity contribution >= 4 is 26.8 Å². The van der Waals surface area contributed by atoms with Crippen LogP contribution in [0.5, 0.6) is 5.75 Å². The van der Waals surface area contributed by atoms with Gasteiger partial charge in [0.25, 0.3) is 0 Å². The first-order chi connectivity index (χ1) is 8.58. The maximum absolute atomic E-state index is 5.77. The molecule has 0 bridgehead atoms. The molecule has 0 saturated carbocycles. The molecule has 5 heteroatoms. The predicted molar refractivity (Wildman–Crippen MR) is 75.7 cm³/mol. The van der Waals surface area contributed by atoms with Gasteiger partial charge in [0, 0.05) is 21.6 Å². The van der Waals surface area contributed by atoms with Crippen molar-refractivity contribution < 1.29 is 4.74 Å². The first-order valence-electron chi connectivity index (χ1n) is 5.87. The van der Waals surface area contributed by atoms with Gasteiger partial charge in [0.2, 0.25) is 0 Å². The van der Waals surface area contributed by atoms with Crippen LogP contribution in [0.1, 0.15) is 19.0 Å². The molecule has 18 heavy (non-hydrogen) atoms. The molecular weight excluding hydrogens is 294 g/mol. The lowest BCUT2D eigenvalue weighted by atomic mass is 10.2. The van der Waals surface area contributed by atoms with Crippen molar-refractivity contribution in [3.8, 4) is 5.75 Å². The van der Waals surface area contributed by atoms with Crippen molar-refractivity contribution in [1.29, 1.82) is 0 Å². The number of halogens is 1. The van der Waals surface area contributed by atoms with E-state index < -0.39 is 0 Å². The predicted octanol–water partition coefficient (Wildman–Crippen LogP) is 2.82. The summed E-state index contributed by atoms with van der Waals surface area (Å²) in [5.74, 6) is 0.769. The minimum Gasteiger partial charge on any atom is -0.491 e. The summed E-state index contributed by atoms with van der Waals surface area (Å²) in [4.78, 5) is 8.48. The van der Waals surface area contributed by atoms with E-state index in [0.29, 0.717) is 6.61 Å². The van der Waals surface area contributed by atoms with Crippen LogP contribution >= 0.6 is 15.9 Å². The van der Waals surface area contributed by atoms with E-state index in [1.54, 1.807) is 6.33 Å². The van der Waals surface area contributed by atoms with Gasteiger partial charge in [-0.05, 0) is 32.4 Å². The second kappa shape index (κ2) is 5.63. The minimum absolute atomic E-state index is 0.139. The third-order valence-corrected chi connectivity index (χ3v) is 3.16. The number of benzene rings is 1. The number of nitrogens with two attached hydrogens (primary N) is 1. The Balaban J connectivity index is 2.34. The zero-order chi connectivity index (χ0) is 13.1. The smallest absolute Gasteiger partial charge is 0.146 e. The fourth-order valence-electron chi connectivity index (χ4n) is 1.69. The average molecular weight is 310 g/mol. The van der Waals surface area contributed by atoms with Gasteiger partial charge in [-0.1, -0.05) is 15.9 Å². The Hall–Kier alpha value is -1.20. The lowest BCUT2D eigenvalue weighted by molar-refractivity contribution is 0.303. The van der Waals surface area contributed by atoms with E-state index in [2.05, 4.69) is 25.9 Å². The van der Waals surface area contributed by atoms with E-state index in [4.69, 9.17) is 10.5 Å². The van der Waals surface area contributed by atoms with Gasteiger partial charge >= 0.3 is 0 Å². The molecule has 1 unspecified atom stereocenters. The molecule has 0 fully saturated rings. The SMILES string of the molecule is Cc1ncnc2c(OCCC(C)N)cc(Br)cc12. The van der Waals surface area contributed by atoms with Crippen molar-refractivity contribution in [2.75, 3.05) is 6.61 Å². The number of rotatable bonds is 4. The number of hydrogen-bond acceptors (Lipinski definition) is 4. The molecule has 1 aromatic carbocycles. The number of ether oxygens (including phenoxy) is 1. The fourth-order valence-corrected chi connectivity index (χ4v) is 2.13. The molecule has 2 rings (SSSR count). The summed E-state index contributed by atoms with van der Waals surface area (Å²) in [5, 5.41) is 1.00. The summed E-state index contributed by atoms with van der Waals surface area (Å²) in [6, 6.07) is 4.07. The lowest BCUT2D eigenvalue weighted by Gasteiger charge is -2.11. The molecule has 0 radical (unpaired) electrons. The van der Waals surface area contributed by atoms with E-state index >= 15 is 0 Å². The molecule has 0 amide bonds. The van der Waals surface area contributed by atoms with Crippen LogP contribution in [-0.4, -0.2) is 22.6 Å². The molecule has 0 aliphatic rings. The molecule has 0 spiro atoms. The van der Waals surface area contributed by atoms with Crippen LogP contribution in [0.2, 0.25) is 0 Å². The topological polar surface area (TPSA) is 61.0 Å². The van der Waals surface area contributed by atoms with Gasteiger partial charge in [0.1, 0.15) is 17.6 Å². The Labute approximate surface area is 115 Å². The number of hydrogen-bond donors (Lipinski definition) is 1. The second-order valence-corrected chi connectivity index (χ2v) is 5.29. The van der Waals surface area contributed by atoms with E-state index in [9.17, 15) is 0 Å². The van der Waals surface area contributed by atoms with Crippen LogP contribution in [0.3, 0.4) is 0 Å². The number of aryl methyl sites for hydroxylation is 1. The van der Waals surface area contributed by atoms with Crippen LogP contribution in [0.15, 0.2) is 22.9 Å². The number of aromatic nitrogens is 2. The standard InChI is InChI=1S/C13H16BrN3O/c1-8(15)3-4-18-12-6-10(14)5-11-9(2)16-7-17-13(11)12/h5-8H,3-4,15H2,1-2H3. The van der Waals surface area contributed by atoms with Gasteiger partial charge in [-0.3, -0.25) is 0 Å². The van der Waals surface area contributed by atoms with Crippen molar-refractivity contribution in [2.24, 2.45) is 5.73 Å². The summed E-state index contributed by atoms with van der Waals surface area (Å²) in [6.45, 7) is 4.52. The first kappa shape index (κ1) is 13.2. The highest BCUT2D eigenvalue weighted by Gasteiger charge is 2.08. The van der Waals surface area contributed by atoms with Crippen LogP contribution < -0.4 is 10.5 Å². The number of nitrogens with zero attached hydrogens (tertiary/aromatic N) is 2. The monoisotopic (exact) mass is 309 g/mol. The molecule has 0 aliphatic heterocycles. The van der Waals surface area contributed by atoms with Crippen LogP contribution in [-0.2, 0) is 0 Å². The fraction of sp³-hybridized carbons (Fsp3) is 0.385. The normalized spacial score (nSPS) is 12.7. The highest BCUT2D eigenvalue weighted by Crippen LogP contribution is 2.29. The highest BCUT2D eigenvalue weighted by atomic mass is 79.9. The van der Waals surface area contributed by atoms with E-state index in [1.165, 1.54) is 0 Å². The maximum Gasteiger partial charge on any atom is 0.146 e. The summed E-state index contributed by atoms with van der Waals surface area (Å²) in [6.07, 6.45) is 2.38. The van der Waals surface area contributed by atoms with Gasteiger partial charge in [-0.15, -0.1) is 0 Å². The van der Waals surface area contributed by atoms with Gasteiger partial charge in [0.05, 0.1) is 6.61 Å². The third-order valence-electron chi connectivity index (χ3n) is 2.70. The molecule has 96 valence electrons. The zero-order valence-corrected chi connectivity index (χ0v) is 12.1. The minimum atomic E-state index is 0.139. The quantitative estimate of drug-likeness (QED) is 0.943. The molecule has 0 aliphatic carbocycles. The first-order valence-corrected chi connectivity index (χ1v) is 6.66. The van der Waals surface area contributed by atoms with Crippen LogP contribution in [0, 0.1) is 6.92 Å². The Bertz CT molecular complexity index is 557. The second-order valence-electron chi connectivity index (χ2n) is 4.37. The molecule has 1 heterocycles. The summed E-state index contributed by atoms with van der Waals surface area (Å²) < 4.78 is 6.73. The summed E-state index contributed by atoms with van der Waals surface area (Å²) in [7, 11) is 0. The Morgan fingerprint density at radius 3 is 2.89 bits per heavy atom. The average Bonchev–Trinajstić information content (AvgIpc) is 2.30. The molecule has 2 aromatic rings. The van der Waals surface area contributed by atoms with Crippen LogP contribution in [0.25, 0.3) is 10.9 Å². The number of fused-ring (bicyclic) bond motifs is 1. The van der Waals surface area contributed by atoms with Crippen molar-refractivity contribution in [3.63, 3.8) is 0 Å². The van der Waals surface area contributed by atoms with E-state index in [-0.39, 0.29) is 6.04 Å². The highest BCUT2D eigenvalue weighted by molar-refractivity contribution is 9.10. The Morgan fingerprint density at radius 1 is 1.39 bits per heavy atom. The maximum atomic E-state index is 5.77. The molecule has 1 aromatic heterocycles. The summed E-state index contributed by atoms with van der Waals surface area (Å²) >= 11 is 3.48. The van der Waals surface area contributed by atoms with E-state index in [1.807, 2.05) is 26.0 Å². The largest absolute Gasteiger partial charge is 0.491 e. The van der Waals surface area contributed by atoms with E-state index in [0.717, 1.165) is 33.2 Å². The molecule has 0 saturated heterocycles. The Morgan fingerprint density at radius 2 is 2.17 bits per heavy atom. The zero-order valence-electron chi connectivity index (χ0n) is 10.5. The molecule has 1 atom stereocenters. The van der Waals surface area contributed by atoms with Crippen LogP contribution in [0.4, 0.5) is 0 Å². The van der Waals surface area contributed by atoms with Gasteiger partial charge in [-0.2, -0.15) is 0 Å². The third kappa shape index (κ3) is 2.97. The molecular formula is C13H16BrN3O.